The molecule has 0 bridgehead atoms. The van der Waals surface area contributed by atoms with Gasteiger partial charge in [-0.3, -0.25) is 4.68 Å². The summed E-state index contributed by atoms with van der Waals surface area (Å²) in [6.07, 6.45) is 2.42. The summed E-state index contributed by atoms with van der Waals surface area (Å²) in [5.74, 6) is 3.90. The standard InChI is InChI=1S/C11H22N4S/c1-4-15-11(13-8-14-15)5-10(12)7-16-6-9(2)3/h8-10H,4-7,12H2,1-3H3. The van der Waals surface area contributed by atoms with Crippen LogP contribution in [0, 0.1) is 5.92 Å². The van der Waals surface area contributed by atoms with Gasteiger partial charge in [0.05, 0.1) is 0 Å². The van der Waals surface area contributed by atoms with Crippen LogP contribution in [0.1, 0.15) is 26.6 Å². The van der Waals surface area contributed by atoms with Gasteiger partial charge >= 0.3 is 0 Å². The molecule has 0 aliphatic heterocycles. The molecule has 0 saturated carbocycles. The molecule has 1 rings (SSSR count). The summed E-state index contributed by atoms with van der Waals surface area (Å²) in [6.45, 7) is 7.39. The molecule has 0 aliphatic rings. The Morgan fingerprint density at radius 2 is 2.19 bits per heavy atom. The lowest BCUT2D eigenvalue weighted by Gasteiger charge is -2.12. The molecule has 0 saturated heterocycles. The Balaban J connectivity index is 2.31. The van der Waals surface area contributed by atoms with Crippen molar-refractivity contribution in [2.45, 2.75) is 39.8 Å². The van der Waals surface area contributed by atoms with Gasteiger partial charge in [-0.05, 0) is 18.6 Å². The fourth-order valence-corrected chi connectivity index (χ4v) is 2.49. The Bertz CT molecular complexity index is 298. The Hall–Kier alpha value is -0.550. The molecule has 5 heteroatoms. The summed E-state index contributed by atoms with van der Waals surface area (Å²) in [5.41, 5.74) is 6.07. The normalized spacial score (nSPS) is 13.3. The average Bonchev–Trinajstić information content (AvgIpc) is 2.64. The van der Waals surface area contributed by atoms with Crippen LogP contribution >= 0.6 is 11.8 Å². The highest BCUT2D eigenvalue weighted by Crippen LogP contribution is 2.10. The van der Waals surface area contributed by atoms with Gasteiger partial charge in [-0.25, -0.2) is 4.98 Å². The van der Waals surface area contributed by atoms with Gasteiger partial charge in [0.1, 0.15) is 12.2 Å². The third kappa shape index (κ3) is 4.53. The molecule has 0 spiro atoms. The smallest absolute Gasteiger partial charge is 0.138 e. The van der Waals surface area contributed by atoms with Gasteiger partial charge in [0.25, 0.3) is 0 Å². The van der Waals surface area contributed by atoms with E-state index in [1.165, 1.54) is 5.75 Å². The van der Waals surface area contributed by atoms with Crippen molar-refractivity contribution in [2.75, 3.05) is 11.5 Å². The Morgan fingerprint density at radius 1 is 1.44 bits per heavy atom. The second-order valence-electron chi connectivity index (χ2n) is 4.39. The van der Waals surface area contributed by atoms with Crippen molar-refractivity contribution in [3.05, 3.63) is 12.2 Å². The fourth-order valence-electron chi connectivity index (χ4n) is 1.46. The number of hydrogen-bond acceptors (Lipinski definition) is 4. The summed E-state index contributed by atoms with van der Waals surface area (Å²) in [6, 6.07) is 0.179. The molecule has 1 aromatic heterocycles. The van der Waals surface area contributed by atoms with Crippen molar-refractivity contribution in [3.63, 3.8) is 0 Å². The molecule has 0 fully saturated rings. The van der Waals surface area contributed by atoms with Crippen LogP contribution in [-0.2, 0) is 13.0 Å². The molecule has 0 aromatic carbocycles. The number of rotatable bonds is 7. The van der Waals surface area contributed by atoms with E-state index in [0.717, 1.165) is 30.5 Å². The van der Waals surface area contributed by atoms with E-state index in [0.29, 0.717) is 0 Å². The highest BCUT2D eigenvalue weighted by molar-refractivity contribution is 7.99. The number of hydrogen-bond donors (Lipinski definition) is 1. The zero-order valence-corrected chi connectivity index (χ0v) is 11.2. The van der Waals surface area contributed by atoms with Crippen LogP contribution in [0.5, 0.6) is 0 Å². The van der Waals surface area contributed by atoms with Gasteiger partial charge in [-0.2, -0.15) is 16.9 Å². The van der Waals surface area contributed by atoms with E-state index in [1.54, 1.807) is 6.33 Å². The maximum Gasteiger partial charge on any atom is 0.138 e. The van der Waals surface area contributed by atoms with Crippen molar-refractivity contribution in [3.8, 4) is 0 Å². The van der Waals surface area contributed by atoms with E-state index in [9.17, 15) is 0 Å². The van der Waals surface area contributed by atoms with Gasteiger partial charge in [0, 0.05) is 24.8 Å². The maximum absolute atomic E-state index is 6.07. The largest absolute Gasteiger partial charge is 0.327 e. The minimum Gasteiger partial charge on any atom is -0.327 e. The van der Waals surface area contributed by atoms with Crippen LogP contribution in [0.3, 0.4) is 0 Å². The zero-order valence-electron chi connectivity index (χ0n) is 10.4. The Labute approximate surface area is 102 Å². The molecule has 1 heterocycles. The lowest BCUT2D eigenvalue weighted by molar-refractivity contribution is 0.588. The molecule has 1 atom stereocenters. The number of thioether (sulfide) groups is 1. The van der Waals surface area contributed by atoms with E-state index in [1.807, 2.05) is 16.4 Å². The van der Waals surface area contributed by atoms with E-state index in [-0.39, 0.29) is 6.04 Å². The van der Waals surface area contributed by atoms with E-state index < -0.39 is 0 Å². The summed E-state index contributed by atoms with van der Waals surface area (Å²) < 4.78 is 1.91. The number of aromatic nitrogens is 3. The molecule has 0 aliphatic carbocycles. The first kappa shape index (κ1) is 13.5. The summed E-state index contributed by atoms with van der Waals surface area (Å²) >= 11 is 1.92. The van der Waals surface area contributed by atoms with Crippen molar-refractivity contribution < 1.29 is 0 Å². The molecule has 92 valence electrons. The number of nitrogens with two attached hydrogens (primary N) is 1. The lowest BCUT2D eigenvalue weighted by atomic mass is 10.2. The van der Waals surface area contributed by atoms with Crippen LogP contribution in [0.4, 0.5) is 0 Å². The van der Waals surface area contributed by atoms with Crippen LogP contribution in [0.15, 0.2) is 6.33 Å². The zero-order chi connectivity index (χ0) is 12.0. The van der Waals surface area contributed by atoms with Crippen molar-refractivity contribution >= 4 is 11.8 Å². The predicted molar refractivity (Wildman–Crippen MR) is 69.5 cm³/mol. The molecule has 0 radical (unpaired) electrons. The number of nitrogens with zero attached hydrogens (tertiary/aromatic N) is 3. The van der Waals surface area contributed by atoms with Gasteiger partial charge in [-0.15, -0.1) is 0 Å². The average molecular weight is 242 g/mol. The van der Waals surface area contributed by atoms with Crippen LogP contribution in [0.25, 0.3) is 0 Å². The first-order valence-corrected chi connectivity index (χ1v) is 6.99. The van der Waals surface area contributed by atoms with Gasteiger partial charge in [-0.1, -0.05) is 13.8 Å². The maximum atomic E-state index is 6.07. The SMILES string of the molecule is CCn1ncnc1CC(N)CSCC(C)C. The summed E-state index contributed by atoms with van der Waals surface area (Å²) in [4.78, 5) is 4.23. The monoisotopic (exact) mass is 242 g/mol. The highest BCUT2D eigenvalue weighted by Gasteiger charge is 2.09. The summed E-state index contributed by atoms with van der Waals surface area (Å²) in [7, 11) is 0. The molecule has 2 N–H and O–H groups in total. The third-order valence-corrected chi connectivity index (χ3v) is 3.79. The lowest BCUT2D eigenvalue weighted by Crippen LogP contribution is -2.27. The minimum atomic E-state index is 0.179. The molecule has 16 heavy (non-hydrogen) atoms. The topological polar surface area (TPSA) is 56.7 Å². The molecule has 4 nitrogen and oxygen atoms in total. The van der Waals surface area contributed by atoms with Crippen LogP contribution in [0.2, 0.25) is 0 Å². The second kappa shape index (κ2) is 6.91. The quantitative estimate of drug-likeness (QED) is 0.788. The van der Waals surface area contributed by atoms with Crippen molar-refractivity contribution in [1.82, 2.24) is 14.8 Å². The van der Waals surface area contributed by atoms with E-state index in [2.05, 4.69) is 30.9 Å². The Morgan fingerprint density at radius 3 is 2.81 bits per heavy atom. The summed E-state index contributed by atoms with van der Waals surface area (Å²) in [5, 5.41) is 4.14. The molecular weight excluding hydrogens is 220 g/mol. The molecule has 1 aromatic rings. The molecular formula is C11H22N4S. The molecule has 0 amide bonds. The van der Waals surface area contributed by atoms with Crippen LogP contribution in [-0.4, -0.2) is 32.3 Å². The highest BCUT2D eigenvalue weighted by atomic mass is 32.2. The van der Waals surface area contributed by atoms with E-state index >= 15 is 0 Å². The second-order valence-corrected chi connectivity index (χ2v) is 5.46. The Kier molecular flexibility index (Phi) is 5.84. The number of aryl methyl sites for hydroxylation is 1. The first-order valence-electron chi connectivity index (χ1n) is 5.83. The van der Waals surface area contributed by atoms with Crippen molar-refractivity contribution in [2.24, 2.45) is 11.7 Å². The first-order chi connectivity index (χ1) is 7.63. The van der Waals surface area contributed by atoms with E-state index in [4.69, 9.17) is 5.73 Å². The predicted octanol–water partition coefficient (Wildman–Crippen LogP) is 1.56. The van der Waals surface area contributed by atoms with Gasteiger partial charge in [0.2, 0.25) is 0 Å². The fraction of sp³-hybridized carbons (Fsp3) is 0.818. The van der Waals surface area contributed by atoms with Gasteiger partial charge in [0.15, 0.2) is 0 Å². The third-order valence-electron chi connectivity index (χ3n) is 2.22. The van der Waals surface area contributed by atoms with Gasteiger partial charge < -0.3 is 5.73 Å². The van der Waals surface area contributed by atoms with Crippen molar-refractivity contribution in [1.29, 1.82) is 0 Å². The van der Waals surface area contributed by atoms with Crippen LogP contribution < -0.4 is 5.73 Å². The minimum absolute atomic E-state index is 0.179. The molecule has 1 unspecified atom stereocenters.